The number of aromatic nitrogens is 2. The maximum Gasteiger partial charge on any atom is 0.401 e. The van der Waals surface area contributed by atoms with Crippen LogP contribution in [0.25, 0.3) is 16.6 Å². The number of pyridine rings is 1. The van der Waals surface area contributed by atoms with Gasteiger partial charge in [0.1, 0.15) is 21.6 Å². The van der Waals surface area contributed by atoms with Gasteiger partial charge in [-0.15, -0.1) is 0 Å². The molecule has 0 spiro atoms. The minimum absolute atomic E-state index is 0.0963. The molecule has 1 aliphatic carbocycles. The van der Waals surface area contributed by atoms with Crippen molar-refractivity contribution in [1.29, 1.82) is 0 Å². The van der Waals surface area contributed by atoms with Crippen LogP contribution < -0.4 is 19.8 Å². The van der Waals surface area contributed by atoms with Gasteiger partial charge < -0.3 is 24.8 Å². The normalized spacial score (nSPS) is 19.6. The van der Waals surface area contributed by atoms with Crippen molar-refractivity contribution >= 4 is 84.3 Å². The van der Waals surface area contributed by atoms with E-state index >= 15 is 0 Å². The van der Waals surface area contributed by atoms with Crippen molar-refractivity contribution in [3.05, 3.63) is 111 Å². The van der Waals surface area contributed by atoms with Gasteiger partial charge in [0, 0.05) is 87.4 Å². The summed E-state index contributed by atoms with van der Waals surface area (Å²) in [4.78, 5) is 39.3. The highest BCUT2D eigenvalue weighted by Crippen LogP contribution is 2.48. The van der Waals surface area contributed by atoms with Crippen molar-refractivity contribution in [1.82, 2.24) is 19.6 Å². The predicted molar refractivity (Wildman–Crippen MR) is 264 cm³/mol. The number of H-pyrrole nitrogens is 1. The number of nitrogens with zero attached hydrogens (tertiary/aromatic N) is 5. The number of carbonyl (C=O) groups is 1. The number of aromatic amines is 1. The summed E-state index contributed by atoms with van der Waals surface area (Å²) < 4.78 is 79.2. The van der Waals surface area contributed by atoms with Gasteiger partial charge in [0.25, 0.3) is 21.6 Å². The zero-order chi connectivity index (χ0) is 48.7. The van der Waals surface area contributed by atoms with E-state index in [4.69, 9.17) is 16.3 Å². The molecule has 4 aliphatic rings. The summed E-state index contributed by atoms with van der Waals surface area (Å²) in [7, 11) is -4.72. The van der Waals surface area contributed by atoms with Gasteiger partial charge in [-0.3, -0.25) is 19.8 Å². The van der Waals surface area contributed by atoms with E-state index in [1.807, 2.05) is 12.1 Å². The second-order valence-corrected chi connectivity index (χ2v) is 22.3. The summed E-state index contributed by atoms with van der Waals surface area (Å²) in [6, 6.07) is 19.8. The average molecular weight is 1010 g/mol. The third kappa shape index (κ3) is 11.0. The number of carbonyl (C=O) groups excluding carboxylic acids is 1. The quantitative estimate of drug-likeness (QED) is 0.0801. The van der Waals surface area contributed by atoms with E-state index in [9.17, 15) is 36.5 Å². The lowest BCUT2D eigenvalue weighted by Gasteiger charge is -2.39. The van der Waals surface area contributed by atoms with Crippen molar-refractivity contribution in [2.75, 3.05) is 74.1 Å². The summed E-state index contributed by atoms with van der Waals surface area (Å²) in [5, 5.41) is 14.9. The topological polar surface area (TPSA) is 166 Å². The number of rotatable bonds is 12. The fraction of sp³-hybridized carbons (Fsp3) is 0.429. The first-order chi connectivity index (χ1) is 32.9. The molecule has 69 heavy (non-hydrogen) atoms. The Morgan fingerprint density at radius 3 is 2.46 bits per heavy atom. The molecule has 2 saturated heterocycles. The van der Waals surface area contributed by atoms with Gasteiger partial charge in [0.05, 0.1) is 26.8 Å². The zero-order valence-corrected chi connectivity index (χ0v) is 40.7. The molecule has 0 bridgehead atoms. The Hall–Kier alpha value is -5.34. The second-order valence-electron chi connectivity index (χ2n) is 19.0. The van der Waals surface area contributed by atoms with Gasteiger partial charge in [0.2, 0.25) is 0 Å². The van der Waals surface area contributed by atoms with E-state index in [1.54, 1.807) is 35.4 Å². The number of benzene rings is 3. The molecule has 14 nitrogen and oxygen atoms in total. The van der Waals surface area contributed by atoms with Gasteiger partial charge in [-0.2, -0.15) is 13.2 Å². The minimum Gasteiger partial charge on any atom is -0.381 e. The number of piperazine rings is 1. The van der Waals surface area contributed by atoms with Gasteiger partial charge in [-0.1, -0.05) is 54.9 Å². The van der Waals surface area contributed by atoms with Gasteiger partial charge >= 0.3 is 6.18 Å². The van der Waals surface area contributed by atoms with Crippen LogP contribution in [-0.4, -0.2) is 105 Å². The van der Waals surface area contributed by atoms with Crippen LogP contribution >= 0.6 is 23.4 Å². The van der Waals surface area contributed by atoms with Crippen LogP contribution in [0, 0.1) is 21.4 Å². The zero-order valence-electron chi connectivity index (χ0n) is 38.3. The van der Waals surface area contributed by atoms with Gasteiger partial charge in [-0.25, -0.2) is 18.1 Å². The molecule has 0 saturated carbocycles. The number of anilines is 4. The Morgan fingerprint density at radius 2 is 1.74 bits per heavy atom. The van der Waals surface area contributed by atoms with Crippen LogP contribution in [0.1, 0.15) is 68.3 Å². The smallest absolute Gasteiger partial charge is 0.381 e. The van der Waals surface area contributed by atoms with Crippen LogP contribution in [-0.2, 0) is 14.8 Å². The van der Waals surface area contributed by atoms with Crippen molar-refractivity contribution in [2.45, 2.75) is 73.7 Å². The molecule has 20 heteroatoms. The van der Waals surface area contributed by atoms with Crippen LogP contribution in [0.5, 0.6) is 0 Å². The first kappa shape index (κ1) is 48.7. The first-order valence-corrected chi connectivity index (χ1v) is 25.9. The highest BCUT2D eigenvalue weighted by Gasteiger charge is 2.43. The highest BCUT2D eigenvalue weighted by atomic mass is 35.5. The van der Waals surface area contributed by atoms with Gasteiger partial charge in [-0.05, 0) is 116 Å². The number of nitro groups is 1. The maximum atomic E-state index is 14.6. The Kier molecular flexibility index (Phi) is 14.0. The van der Waals surface area contributed by atoms with E-state index in [0.717, 1.165) is 57.8 Å². The molecule has 2 aromatic heterocycles. The Balaban J connectivity index is 1.02. The van der Waals surface area contributed by atoms with E-state index in [2.05, 4.69) is 55.8 Å². The van der Waals surface area contributed by atoms with Crippen LogP contribution in [0.4, 0.5) is 41.6 Å². The predicted octanol–water partition coefficient (Wildman–Crippen LogP) is 10.4. The summed E-state index contributed by atoms with van der Waals surface area (Å²) >= 11 is 6.86. The number of amides is 1. The second kappa shape index (κ2) is 19.8. The lowest BCUT2D eigenvalue weighted by molar-refractivity contribution is -0.384. The van der Waals surface area contributed by atoms with Crippen molar-refractivity contribution in [2.24, 2.45) is 11.3 Å². The molecule has 5 aromatic rings. The first-order valence-electron chi connectivity index (χ1n) is 23.2. The number of hydrogen-bond donors (Lipinski definition) is 3. The van der Waals surface area contributed by atoms with Crippen molar-refractivity contribution in [3.8, 4) is 0 Å². The fourth-order valence-corrected chi connectivity index (χ4v) is 11.9. The van der Waals surface area contributed by atoms with Crippen LogP contribution in [0.2, 0.25) is 5.02 Å². The number of nitro benzene ring substituents is 1. The minimum atomic E-state index is -4.72. The maximum absolute atomic E-state index is 14.6. The summed E-state index contributed by atoms with van der Waals surface area (Å²) in [6.07, 6.45) is 1.29. The number of alkyl halides is 3. The molecule has 0 radical (unpaired) electrons. The summed E-state index contributed by atoms with van der Waals surface area (Å²) in [5.74, 6) is -0.843. The molecule has 5 heterocycles. The molecular formula is C49H54ClF3N8O6S2. The number of hydrogen-bond acceptors (Lipinski definition) is 12. The summed E-state index contributed by atoms with van der Waals surface area (Å²) in [5.41, 5.74) is 5.25. The van der Waals surface area contributed by atoms with Crippen molar-refractivity contribution < 1.29 is 36.0 Å². The third-order valence-corrected chi connectivity index (χ3v) is 16.6. The van der Waals surface area contributed by atoms with Crippen molar-refractivity contribution in [3.63, 3.8) is 0 Å². The SMILES string of the molecule is CC1(C)CCC(CN2CCN(c3ccc(C(=O)NS(=O)(=O)c4ccc(NCC5CCOCC5)c([N+](=O)[O-])c4)c(N4CCC(C(F)(F)F)Sc5nc6[nH]ccc6cc54)c3)CC2)=C(c2ccc(Cl)cc2)C1. The molecule has 3 aromatic carbocycles. The Labute approximate surface area is 408 Å². The monoisotopic (exact) mass is 1010 g/mol. The molecule has 3 aliphatic heterocycles. The number of ether oxygens (including phenoxy) is 1. The Morgan fingerprint density at radius 1 is 0.986 bits per heavy atom. The lowest BCUT2D eigenvalue weighted by Crippen LogP contribution is -2.47. The number of sulfonamides is 1. The number of thioether (sulfide) groups is 1. The summed E-state index contributed by atoms with van der Waals surface area (Å²) in [6.45, 7) is 9.50. The third-order valence-electron chi connectivity index (χ3n) is 13.7. The molecule has 2 fully saturated rings. The fourth-order valence-electron chi connectivity index (χ4n) is 9.72. The number of nitrogens with one attached hydrogen (secondary N) is 3. The number of fused-ring (bicyclic) bond motifs is 2. The van der Waals surface area contributed by atoms with Gasteiger partial charge in [0.15, 0.2) is 0 Å². The molecule has 1 atom stereocenters. The van der Waals surface area contributed by atoms with E-state index < -0.39 is 42.9 Å². The standard InChI is InChI=1S/C49H54ClF3N8O6S2/c1-48(2)16-11-34(39(28-48)32-3-5-35(50)6-4-32)30-58-19-21-59(22-20-58)36-7-9-38(41(26-36)60-18-13-44(49(51,52)53)68-47-43(60)25-33-12-17-54-45(33)56-47)46(62)57-69(65,66)37-8-10-40(42(27-37)61(63)64)55-29-31-14-23-67-24-15-31/h3-10,12,17,25-27,31,44,55H,11,13-16,18-24,28-30H2,1-2H3,(H,54,56)(H,57,62). The molecule has 3 N–H and O–H groups in total. The lowest BCUT2D eigenvalue weighted by atomic mass is 9.72. The Bertz CT molecular complexity index is 2880. The molecule has 1 amide bonds. The van der Waals surface area contributed by atoms with Crippen LogP contribution in [0.15, 0.2) is 94.5 Å². The van der Waals surface area contributed by atoms with E-state index in [1.165, 1.54) is 34.9 Å². The molecule has 9 rings (SSSR count). The number of halogens is 4. The molecule has 1 unspecified atom stereocenters. The van der Waals surface area contributed by atoms with E-state index in [-0.39, 0.29) is 46.3 Å². The van der Waals surface area contributed by atoms with E-state index in [0.29, 0.717) is 72.0 Å². The molecule has 366 valence electrons. The number of allylic oxidation sites excluding steroid dienone is 1. The largest absolute Gasteiger partial charge is 0.401 e. The molecular weight excluding hydrogens is 953 g/mol. The highest BCUT2D eigenvalue weighted by molar-refractivity contribution is 8.00. The average Bonchev–Trinajstić information content (AvgIpc) is 3.69. The van der Waals surface area contributed by atoms with Crippen LogP contribution in [0.3, 0.4) is 0 Å².